The summed E-state index contributed by atoms with van der Waals surface area (Å²) in [5.74, 6) is 1.10. The largest absolute Gasteiger partial charge is 0.378 e. The molecule has 2 fully saturated rings. The van der Waals surface area contributed by atoms with Crippen molar-refractivity contribution in [3.8, 4) is 0 Å². The Labute approximate surface area is 160 Å². The number of amides is 1. The molecule has 1 atom stereocenters. The van der Waals surface area contributed by atoms with Crippen LogP contribution in [0.3, 0.4) is 0 Å². The summed E-state index contributed by atoms with van der Waals surface area (Å²) in [5, 5.41) is 0. The number of ether oxygens (including phenoxy) is 1. The molecule has 1 aromatic carbocycles. The first kappa shape index (κ1) is 17.9. The summed E-state index contributed by atoms with van der Waals surface area (Å²) < 4.78 is 5.36. The number of benzene rings is 1. The smallest absolute Gasteiger partial charge is 0.257 e. The first-order valence-electron chi connectivity index (χ1n) is 9.72. The third-order valence-electron chi connectivity index (χ3n) is 5.52. The number of anilines is 1. The van der Waals surface area contributed by atoms with E-state index < -0.39 is 0 Å². The van der Waals surface area contributed by atoms with Crippen molar-refractivity contribution in [1.29, 1.82) is 0 Å². The van der Waals surface area contributed by atoms with Crippen LogP contribution in [0, 0.1) is 6.92 Å². The summed E-state index contributed by atoms with van der Waals surface area (Å²) in [6.45, 7) is 6.67. The molecular weight excluding hydrogens is 340 g/mol. The van der Waals surface area contributed by atoms with E-state index in [0.717, 1.165) is 39.0 Å². The van der Waals surface area contributed by atoms with E-state index in [4.69, 9.17) is 4.74 Å². The molecule has 0 aliphatic carbocycles. The number of carbonyl (C=O) groups excluding carboxylic acids is 1. The van der Waals surface area contributed by atoms with Gasteiger partial charge in [0.15, 0.2) is 0 Å². The van der Waals surface area contributed by atoms with Gasteiger partial charge in [0.05, 0.1) is 18.8 Å². The number of aryl methyl sites for hydroxylation is 1. The molecule has 0 unspecified atom stereocenters. The average molecular weight is 366 g/mol. The molecule has 0 saturated carbocycles. The van der Waals surface area contributed by atoms with E-state index in [1.54, 1.807) is 12.4 Å². The normalized spacial score (nSPS) is 20.6. The van der Waals surface area contributed by atoms with Crippen LogP contribution in [0.25, 0.3) is 0 Å². The van der Waals surface area contributed by atoms with Gasteiger partial charge in [-0.05, 0) is 30.9 Å². The van der Waals surface area contributed by atoms with Gasteiger partial charge in [-0.3, -0.25) is 4.79 Å². The standard InChI is InChI=1S/C21H26N4O2/c1-16-5-2-3-7-19(16)17-6-4-8-25(15-17)20(26)18-13-22-21(23-14-18)24-9-11-27-12-10-24/h2-3,5,7,13-14,17H,4,6,8-12,15H2,1H3/t17-/m1/s1. The van der Waals surface area contributed by atoms with Crippen LogP contribution in [-0.2, 0) is 4.74 Å². The molecule has 0 radical (unpaired) electrons. The van der Waals surface area contributed by atoms with E-state index in [1.165, 1.54) is 11.1 Å². The van der Waals surface area contributed by atoms with E-state index in [2.05, 4.69) is 46.1 Å². The molecule has 3 heterocycles. The van der Waals surface area contributed by atoms with Crippen molar-refractivity contribution >= 4 is 11.9 Å². The fourth-order valence-corrected chi connectivity index (χ4v) is 4.00. The van der Waals surface area contributed by atoms with Gasteiger partial charge in [-0.1, -0.05) is 24.3 Å². The topological polar surface area (TPSA) is 58.6 Å². The maximum atomic E-state index is 13.0. The van der Waals surface area contributed by atoms with Crippen molar-refractivity contribution in [2.24, 2.45) is 0 Å². The van der Waals surface area contributed by atoms with Gasteiger partial charge in [0.2, 0.25) is 5.95 Å². The van der Waals surface area contributed by atoms with Crippen LogP contribution in [0.5, 0.6) is 0 Å². The Hall–Kier alpha value is -2.47. The number of morpholine rings is 1. The summed E-state index contributed by atoms with van der Waals surface area (Å²) in [6, 6.07) is 8.49. The minimum absolute atomic E-state index is 0.0295. The summed E-state index contributed by atoms with van der Waals surface area (Å²) in [6.07, 6.45) is 5.48. The van der Waals surface area contributed by atoms with Crippen LogP contribution in [-0.4, -0.2) is 60.2 Å². The van der Waals surface area contributed by atoms with Crippen LogP contribution in [0.2, 0.25) is 0 Å². The minimum Gasteiger partial charge on any atom is -0.378 e. The van der Waals surface area contributed by atoms with Gasteiger partial charge >= 0.3 is 0 Å². The molecule has 6 nitrogen and oxygen atoms in total. The summed E-state index contributed by atoms with van der Waals surface area (Å²) in [7, 11) is 0. The molecule has 2 saturated heterocycles. The lowest BCUT2D eigenvalue weighted by molar-refractivity contribution is 0.0706. The number of nitrogens with zero attached hydrogens (tertiary/aromatic N) is 4. The maximum absolute atomic E-state index is 13.0. The Balaban J connectivity index is 1.45. The number of aromatic nitrogens is 2. The van der Waals surface area contributed by atoms with Crippen LogP contribution >= 0.6 is 0 Å². The van der Waals surface area contributed by atoms with Crippen molar-refractivity contribution < 1.29 is 9.53 Å². The second-order valence-corrected chi connectivity index (χ2v) is 7.32. The Morgan fingerprint density at radius 1 is 1.11 bits per heavy atom. The zero-order valence-corrected chi connectivity index (χ0v) is 15.8. The molecular formula is C21H26N4O2. The molecule has 142 valence electrons. The monoisotopic (exact) mass is 366 g/mol. The highest BCUT2D eigenvalue weighted by Gasteiger charge is 2.26. The van der Waals surface area contributed by atoms with E-state index in [-0.39, 0.29) is 5.91 Å². The fourth-order valence-electron chi connectivity index (χ4n) is 4.00. The zero-order valence-electron chi connectivity index (χ0n) is 15.8. The van der Waals surface area contributed by atoms with E-state index >= 15 is 0 Å². The number of piperidine rings is 1. The van der Waals surface area contributed by atoms with E-state index in [9.17, 15) is 4.79 Å². The average Bonchev–Trinajstić information content (AvgIpc) is 2.74. The SMILES string of the molecule is Cc1ccccc1[C@@H]1CCCN(C(=O)c2cnc(N3CCOCC3)nc2)C1. The van der Waals surface area contributed by atoms with Crippen LogP contribution < -0.4 is 4.90 Å². The quantitative estimate of drug-likeness (QED) is 0.836. The molecule has 0 spiro atoms. The van der Waals surface area contributed by atoms with Gasteiger partial charge < -0.3 is 14.5 Å². The van der Waals surface area contributed by atoms with Crippen molar-refractivity contribution in [2.45, 2.75) is 25.7 Å². The Kier molecular flexibility index (Phi) is 5.34. The third-order valence-corrected chi connectivity index (χ3v) is 5.52. The highest BCUT2D eigenvalue weighted by atomic mass is 16.5. The number of rotatable bonds is 3. The number of likely N-dealkylation sites (tertiary alicyclic amines) is 1. The second-order valence-electron chi connectivity index (χ2n) is 7.32. The van der Waals surface area contributed by atoms with Crippen molar-refractivity contribution in [3.63, 3.8) is 0 Å². The molecule has 6 heteroatoms. The van der Waals surface area contributed by atoms with Crippen molar-refractivity contribution in [3.05, 3.63) is 53.3 Å². The number of hydrogen-bond acceptors (Lipinski definition) is 5. The predicted octanol–water partition coefficient (Wildman–Crippen LogP) is 2.64. The second kappa shape index (κ2) is 8.05. The van der Waals surface area contributed by atoms with Gasteiger partial charge in [0.1, 0.15) is 0 Å². The lowest BCUT2D eigenvalue weighted by Gasteiger charge is -2.33. The van der Waals surface area contributed by atoms with Crippen molar-refractivity contribution in [1.82, 2.24) is 14.9 Å². The highest BCUT2D eigenvalue weighted by Crippen LogP contribution is 2.29. The lowest BCUT2D eigenvalue weighted by atomic mass is 9.88. The molecule has 1 aromatic heterocycles. The number of hydrogen-bond donors (Lipinski definition) is 0. The summed E-state index contributed by atoms with van der Waals surface area (Å²) >= 11 is 0. The van der Waals surface area contributed by atoms with E-state index in [0.29, 0.717) is 30.6 Å². The van der Waals surface area contributed by atoms with Gasteiger partial charge in [0, 0.05) is 44.5 Å². The van der Waals surface area contributed by atoms with Gasteiger partial charge in [-0.2, -0.15) is 0 Å². The fraction of sp³-hybridized carbons (Fsp3) is 0.476. The van der Waals surface area contributed by atoms with Gasteiger partial charge in [-0.15, -0.1) is 0 Å². The molecule has 27 heavy (non-hydrogen) atoms. The molecule has 1 amide bonds. The highest BCUT2D eigenvalue weighted by molar-refractivity contribution is 5.93. The molecule has 2 aliphatic heterocycles. The van der Waals surface area contributed by atoms with Crippen LogP contribution in [0.4, 0.5) is 5.95 Å². The Morgan fingerprint density at radius 3 is 2.59 bits per heavy atom. The lowest BCUT2D eigenvalue weighted by Crippen LogP contribution is -2.39. The molecule has 2 aliphatic rings. The molecule has 0 N–H and O–H groups in total. The third kappa shape index (κ3) is 3.95. The van der Waals surface area contributed by atoms with Gasteiger partial charge in [0.25, 0.3) is 5.91 Å². The first-order valence-corrected chi connectivity index (χ1v) is 9.72. The Morgan fingerprint density at radius 2 is 1.85 bits per heavy atom. The van der Waals surface area contributed by atoms with Crippen LogP contribution in [0.15, 0.2) is 36.7 Å². The maximum Gasteiger partial charge on any atom is 0.257 e. The Bertz CT molecular complexity index is 787. The molecule has 2 aromatic rings. The molecule has 0 bridgehead atoms. The summed E-state index contributed by atoms with van der Waals surface area (Å²) in [5.41, 5.74) is 3.22. The predicted molar refractivity (Wildman–Crippen MR) is 104 cm³/mol. The summed E-state index contributed by atoms with van der Waals surface area (Å²) in [4.78, 5) is 25.8. The number of carbonyl (C=O) groups is 1. The minimum atomic E-state index is 0.0295. The van der Waals surface area contributed by atoms with Crippen molar-refractivity contribution in [2.75, 3.05) is 44.3 Å². The van der Waals surface area contributed by atoms with Crippen LogP contribution in [0.1, 0.15) is 40.2 Å². The zero-order chi connectivity index (χ0) is 18.6. The molecule has 4 rings (SSSR count). The van der Waals surface area contributed by atoms with E-state index in [1.807, 2.05) is 4.90 Å². The van der Waals surface area contributed by atoms with Gasteiger partial charge in [-0.25, -0.2) is 9.97 Å². The first-order chi connectivity index (χ1) is 13.2.